The van der Waals surface area contributed by atoms with Crippen molar-refractivity contribution in [1.82, 2.24) is 5.32 Å². The summed E-state index contributed by atoms with van der Waals surface area (Å²) in [5.41, 5.74) is -0.0682. The molecule has 1 nitrogen and oxygen atoms in total. The van der Waals surface area contributed by atoms with Crippen LogP contribution in [-0.4, -0.2) is 6.54 Å². The van der Waals surface area contributed by atoms with Crippen LogP contribution in [0.1, 0.15) is 42.9 Å². The van der Waals surface area contributed by atoms with Crippen molar-refractivity contribution < 1.29 is 13.2 Å². The van der Waals surface area contributed by atoms with Gasteiger partial charge >= 0.3 is 6.18 Å². The molecule has 0 amide bonds. The van der Waals surface area contributed by atoms with Gasteiger partial charge in [0.05, 0.1) is 10.6 Å². The maximum atomic E-state index is 12.8. The van der Waals surface area contributed by atoms with Crippen molar-refractivity contribution in [3.8, 4) is 0 Å². The smallest absolute Gasteiger partial charge is 0.310 e. The van der Waals surface area contributed by atoms with Gasteiger partial charge in [0.1, 0.15) is 0 Å². The molecule has 0 spiro atoms. The average molecular weight is 278 g/mol. The lowest BCUT2D eigenvalue weighted by molar-refractivity contribution is -0.137. The Balaban J connectivity index is 2.28. The monoisotopic (exact) mass is 277 g/mol. The molecule has 0 aliphatic carbocycles. The third-order valence-corrected chi connectivity index (χ3v) is 3.59. The van der Waals surface area contributed by atoms with Gasteiger partial charge in [0.15, 0.2) is 0 Å². The fraction of sp³-hybridized carbons (Fsp3) is 0.538. The van der Waals surface area contributed by atoms with Crippen LogP contribution in [0.5, 0.6) is 0 Å². The molecule has 0 saturated carbocycles. The van der Waals surface area contributed by atoms with Gasteiger partial charge in [0.2, 0.25) is 0 Å². The minimum absolute atomic E-state index is 0.00543. The van der Waals surface area contributed by atoms with E-state index in [4.69, 9.17) is 11.6 Å². The summed E-state index contributed by atoms with van der Waals surface area (Å²) in [5.74, 6) is 0. The van der Waals surface area contributed by atoms with Crippen LogP contribution in [0, 0.1) is 0 Å². The molecular weight excluding hydrogens is 263 g/mol. The second kappa shape index (κ2) is 5.49. The van der Waals surface area contributed by atoms with E-state index in [0.29, 0.717) is 5.56 Å². The summed E-state index contributed by atoms with van der Waals surface area (Å²) in [4.78, 5) is 0. The summed E-state index contributed by atoms with van der Waals surface area (Å²) in [6.45, 7) is 0.856. The number of benzene rings is 1. The highest BCUT2D eigenvalue weighted by Crippen LogP contribution is 2.36. The zero-order chi connectivity index (χ0) is 13.2. The van der Waals surface area contributed by atoms with Crippen molar-refractivity contribution in [3.05, 3.63) is 34.3 Å². The number of hydrogen-bond donors (Lipinski definition) is 1. The van der Waals surface area contributed by atoms with E-state index in [9.17, 15) is 13.2 Å². The zero-order valence-electron chi connectivity index (χ0n) is 9.86. The molecule has 2 rings (SSSR count). The molecule has 1 aliphatic heterocycles. The largest absolute Gasteiger partial charge is 0.417 e. The molecule has 1 aromatic rings. The molecule has 100 valence electrons. The standard InChI is InChI=1S/C13H15ClF3N/c14-11-6-5-9(8-10(11)13(15,16)17)12-4-2-1-3-7-18-12/h5-6,8,12,18H,1-4,7H2. The fourth-order valence-electron chi connectivity index (χ4n) is 2.29. The third-order valence-electron chi connectivity index (χ3n) is 3.26. The average Bonchev–Trinajstić information content (AvgIpc) is 2.56. The van der Waals surface area contributed by atoms with E-state index in [-0.39, 0.29) is 11.1 Å². The lowest BCUT2D eigenvalue weighted by Gasteiger charge is -2.18. The molecule has 5 heteroatoms. The summed E-state index contributed by atoms with van der Waals surface area (Å²) < 4.78 is 38.3. The summed E-state index contributed by atoms with van der Waals surface area (Å²) in [6, 6.07) is 4.20. The first-order valence-corrected chi connectivity index (χ1v) is 6.46. The van der Waals surface area contributed by atoms with Gasteiger partial charge in [0.25, 0.3) is 0 Å². The van der Waals surface area contributed by atoms with E-state index in [1.807, 2.05) is 0 Å². The van der Waals surface area contributed by atoms with Crippen LogP contribution in [-0.2, 0) is 6.18 Å². The minimum Gasteiger partial charge on any atom is -0.310 e. The van der Waals surface area contributed by atoms with Crippen molar-refractivity contribution >= 4 is 11.6 Å². The lowest BCUT2D eigenvalue weighted by Crippen LogP contribution is -2.21. The SMILES string of the molecule is FC(F)(F)c1cc(C2CCCCCN2)ccc1Cl. The van der Waals surface area contributed by atoms with Gasteiger partial charge in [-0.05, 0) is 37.1 Å². The number of hydrogen-bond acceptors (Lipinski definition) is 1. The zero-order valence-corrected chi connectivity index (χ0v) is 10.6. The van der Waals surface area contributed by atoms with E-state index in [1.165, 1.54) is 12.1 Å². The van der Waals surface area contributed by atoms with Crippen molar-refractivity contribution in [2.75, 3.05) is 6.54 Å². The molecule has 0 radical (unpaired) electrons. The summed E-state index contributed by atoms with van der Waals surface area (Å²) in [6.07, 6.45) is -0.266. The Hall–Kier alpha value is -0.740. The van der Waals surface area contributed by atoms with Crippen molar-refractivity contribution in [2.24, 2.45) is 0 Å². The topological polar surface area (TPSA) is 12.0 Å². The molecule has 1 saturated heterocycles. The highest BCUT2D eigenvalue weighted by Gasteiger charge is 2.33. The van der Waals surface area contributed by atoms with Gasteiger partial charge < -0.3 is 5.32 Å². The lowest BCUT2D eigenvalue weighted by atomic mass is 10.00. The molecule has 1 heterocycles. The van der Waals surface area contributed by atoms with E-state index in [2.05, 4.69) is 5.32 Å². The predicted octanol–water partition coefficient (Wildman–Crippen LogP) is 4.56. The first kappa shape index (κ1) is 13.7. The molecule has 1 aromatic carbocycles. The van der Waals surface area contributed by atoms with E-state index in [0.717, 1.165) is 32.2 Å². The Morgan fingerprint density at radius 2 is 1.94 bits per heavy atom. The number of halogens is 4. The molecule has 18 heavy (non-hydrogen) atoms. The Morgan fingerprint density at radius 1 is 1.17 bits per heavy atom. The molecule has 1 atom stereocenters. The summed E-state index contributed by atoms with van der Waals surface area (Å²) in [7, 11) is 0. The van der Waals surface area contributed by atoms with E-state index in [1.54, 1.807) is 6.07 Å². The van der Waals surface area contributed by atoms with Crippen molar-refractivity contribution in [2.45, 2.75) is 37.9 Å². The highest BCUT2D eigenvalue weighted by molar-refractivity contribution is 6.31. The van der Waals surface area contributed by atoms with E-state index >= 15 is 0 Å². The van der Waals surface area contributed by atoms with Crippen molar-refractivity contribution in [3.63, 3.8) is 0 Å². The van der Waals surface area contributed by atoms with Crippen LogP contribution >= 0.6 is 11.6 Å². The molecule has 1 aliphatic rings. The summed E-state index contributed by atoms with van der Waals surface area (Å²) in [5, 5.41) is 3.05. The molecule has 0 bridgehead atoms. The van der Waals surface area contributed by atoms with Crippen LogP contribution in [0.15, 0.2) is 18.2 Å². The Morgan fingerprint density at radius 3 is 2.67 bits per heavy atom. The van der Waals surface area contributed by atoms with Crippen molar-refractivity contribution in [1.29, 1.82) is 0 Å². The predicted molar refractivity (Wildman–Crippen MR) is 65.7 cm³/mol. The number of nitrogens with one attached hydrogen (secondary N) is 1. The Bertz CT molecular complexity index is 409. The second-order valence-corrected chi connectivity index (χ2v) is 5.00. The summed E-state index contributed by atoms with van der Waals surface area (Å²) >= 11 is 5.61. The Kier molecular flexibility index (Phi) is 4.17. The van der Waals surface area contributed by atoms with Gasteiger partial charge in [-0.15, -0.1) is 0 Å². The molecule has 0 aromatic heterocycles. The van der Waals surface area contributed by atoms with Crippen LogP contribution in [0.25, 0.3) is 0 Å². The number of alkyl halides is 3. The second-order valence-electron chi connectivity index (χ2n) is 4.59. The van der Waals surface area contributed by atoms with Gasteiger partial charge in [0, 0.05) is 6.04 Å². The molecule has 1 N–H and O–H groups in total. The molecule has 1 fully saturated rings. The molecular formula is C13H15ClF3N. The first-order valence-electron chi connectivity index (χ1n) is 6.08. The minimum atomic E-state index is -4.39. The highest BCUT2D eigenvalue weighted by atomic mass is 35.5. The van der Waals surface area contributed by atoms with E-state index < -0.39 is 11.7 Å². The maximum Gasteiger partial charge on any atom is 0.417 e. The molecule has 1 unspecified atom stereocenters. The van der Waals surface area contributed by atoms with Gasteiger partial charge in [-0.1, -0.05) is 30.5 Å². The normalized spacial score (nSPS) is 21.7. The first-order chi connectivity index (χ1) is 8.48. The van der Waals surface area contributed by atoms with Crippen LogP contribution in [0.2, 0.25) is 5.02 Å². The van der Waals surface area contributed by atoms with Gasteiger partial charge in [-0.3, -0.25) is 0 Å². The van der Waals surface area contributed by atoms with Gasteiger partial charge in [-0.2, -0.15) is 13.2 Å². The van der Waals surface area contributed by atoms with Crippen LogP contribution in [0.4, 0.5) is 13.2 Å². The van der Waals surface area contributed by atoms with Crippen LogP contribution in [0.3, 0.4) is 0 Å². The van der Waals surface area contributed by atoms with Gasteiger partial charge in [-0.25, -0.2) is 0 Å². The maximum absolute atomic E-state index is 12.8. The quantitative estimate of drug-likeness (QED) is 0.793. The van der Waals surface area contributed by atoms with Crippen LogP contribution < -0.4 is 5.32 Å². The third kappa shape index (κ3) is 3.18. The Labute approximate surface area is 109 Å². The number of rotatable bonds is 1. The fourth-order valence-corrected chi connectivity index (χ4v) is 2.51.